The van der Waals surface area contributed by atoms with E-state index in [-0.39, 0.29) is 5.75 Å². The van der Waals surface area contributed by atoms with Gasteiger partial charge in [0, 0.05) is 12.3 Å². The smallest absolute Gasteiger partial charge is 0.330 e. The average molecular weight is 580 g/mol. The van der Waals surface area contributed by atoms with Crippen LogP contribution < -0.4 is 20.9 Å². The van der Waals surface area contributed by atoms with Gasteiger partial charge in [-0.3, -0.25) is 19.1 Å². The van der Waals surface area contributed by atoms with E-state index in [1.807, 2.05) is 4.98 Å². The Bertz CT molecular complexity index is 1280. The number of alkyl halides is 2. The number of rotatable bonds is 11. The van der Waals surface area contributed by atoms with Gasteiger partial charge >= 0.3 is 18.3 Å². The van der Waals surface area contributed by atoms with Gasteiger partial charge in [0.05, 0.1) is 12.7 Å². The fourth-order valence-corrected chi connectivity index (χ4v) is 5.96. The molecule has 0 aliphatic carbocycles. The summed E-state index contributed by atoms with van der Waals surface area (Å²) in [5.74, 6) is -0.507. The Balaban J connectivity index is 1.90. The quantitative estimate of drug-likeness (QED) is 0.222. The molecule has 1 unspecified atom stereocenters. The van der Waals surface area contributed by atoms with Crippen molar-refractivity contribution in [1.82, 2.24) is 14.6 Å². The molecule has 210 valence electrons. The first kappa shape index (κ1) is 30.0. The van der Waals surface area contributed by atoms with Crippen LogP contribution in [0.2, 0.25) is 0 Å². The van der Waals surface area contributed by atoms with Crippen LogP contribution in [0.3, 0.4) is 0 Å². The van der Waals surface area contributed by atoms with Gasteiger partial charge in [0.1, 0.15) is 24.0 Å². The first-order chi connectivity index (χ1) is 17.8. The lowest BCUT2D eigenvalue weighted by Crippen LogP contribution is -2.53. The lowest BCUT2D eigenvalue weighted by Gasteiger charge is -2.34. The van der Waals surface area contributed by atoms with Gasteiger partial charge in [0.25, 0.3) is 12.0 Å². The summed E-state index contributed by atoms with van der Waals surface area (Å²) >= 11 is 5.50. The fourth-order valence-electron chi connectivity index (χ4n) is 3.54. The number of benzene rings is 1. The molecule has 0 amide bonds. The second kappa shape index (κ2) is 12.1. The highest BCUT2D eigenvalue weighted by atomic mass is 32.5. The highest BCUT2D eigenvalue weighted by Gasteiger charge is 2.61. The minimum atomic E-state index is -3.82. The van der Waals surface area contributed by atoms with Crippen LogP contribution in [0, 0.1) is 0 Å². The van der Waals surface area contributed by atoms with Gasteiger partial charge < -0.3 is 28.7 Å². The largest absolute Gasteiger partial charge is 0.462 e. The molecule has 1 aromatic heterocycles. The SMILES string of the molecule is CC(C)OC(=O)[C@H](C)NP(=S)(OC[C@@]1(C(F)F)O[C@@H](n2ccc(=O)[nH]c2=O)[C@@H](O)[C@@H]1O)Oc1ccccc1. The number of hydrogen-bond donors (Lipinski definition) is 4. The number of nitrogens with zero attached hydrogens (tertiary/aromatic N) is 1. The van der Waals surface area contributed by atoms with Crippen LogP contribution in [-0.4, -0.2) is 68.7 Å². The summed E-state index contributed by atoms with van der Waals surface area (Å²) in [6.07, 6.45) is -9.03. The number of nitrogens with one attached hydrogen (secondary N) is 2. The van der Waals surface area contributed by atoms with Crippen molar-refractivity contribution < 1.29 is 42.3 Å². The van der Waals surface area contributed by atoms with Gasteiger partial charge in [0.2, 0.25) is 0 Å². The Morgan fingerprint density at radius 3 is 2.47 bits per heavy atom. The maximum absolute atomic E-state index is 14.4. The van der Waals surface area contributed by atoms with E-state index in [0.717, 1.165) is 12.3 Å². The van der Waals surface area contributed by atoms with Gasteiger partial charge in [-0.15, -0.1) is 0 Å². The molecule has 0 spiro atoms. The van der Waals surface area contributed by atoms with Crippen LogP contribution in [-0.2, 0) is 30.6 Å². The fraction of sp³-hybridized carbons (Fsp3) is 0.500. The number of aliphatic hydroxyl groups excluding tert-OH is 2. The van der Waals surface area contributed by atoms with Gasteiger partial charge in [-0.1, -0.05) is 18.2 Å². The molecule has 6 atom stereocenters. The van der Waals surface area contributed by atoms with Crippen LogP contribution in [0.25, 0.3) is 0 Å². The molecule has 38 heavy (non-hydrogen) atoms. The molecule has 1 aromatic carbocycles. The number of aromatic amines is 1. The summed E-state index contributed by atoms with van der Waals surface area (Å²) in [6.45, 7) is -0.247. The third kappa shape index (κ3) is 6.72. The first-order valence-corrected chi connectivity index (χ1v) is 14.0. The Morgan fingerprint density at radius 2 is 1.89 bits per heavy atom. The van der Waals surface area contributed by atoms with Crippen molar-refractivity contribution in [1.29, 1.82) is 0 Å². The van der Waals surface area contributed by atoms with Gasteiger partial charge in [-0.05, 0) is 44.7 Å². The number of ether oxygens (including phenoxy) is 2. The van der Waals surface area contributed by atoms with Crippen molar-refractivity contribution >= 4 is 24.4 Å². The zero-order valence-corrected chi connectivity index (χ0v) is 22.2. The van der Waals surface area contributed by atoms with E-state index in [0.29, 0.717) is 4.57 Å². The predicted molar refractivity (Wildman–Crippen MR) is 133 cm³/mol. The summed E-state index contributed by atoms with van der Waals surface area (Å²) in [4.78, 5) is 37.8. The summed E-state index contributed by atoms with van der Waals surface area (Å²) in [7, 11) is 0. The number of para-hydroxylation sites is 1. The predicted octanol–water partition coefficient (Wildman–Crippen LogP) is 1.04. The van der Waals surface area contributed by atoms with E-state index in [2.05, 4.69) is 5.09 Å². The van der Waals surface area contributed by atoms with Crippen LogP contribution in [0.1, 0.15) is 27.0 Å². The topological polar surface area (TPSA) is 161 Å². The van der Waals surface area contributed by atoms with E-state index in [9.17, 15) is 33.4 Å². The Labute approximate surface area is 220 Å². The standard InChI is InChI=1S/C22H28F2N3O9PS/c1-12(2)34-19(31)13(3)26-37(38,36-14-7-5-4-6-8-14)33-11-22(20(23)24)17(30)16(29)18(35-22)27-10-9-15(28)25-21(27)32/h4-10,12-13,16-18,20,29-30H,11H2,1-3H3,(H,26,38)(H,25,28,32)/t13-,16-,17-,18+,22+,37?/m0/s1. The molecule has 4 N–H and O–H groups in total. The molecule has 1 aliphatic rings. The number of aliphatic hydroxyl groups is 2. The molecule has 0 saturated carbocycles. The van der Waals surface area contributed by atoms with Crippen LogP contribution >= 0.6 is 6.64 Å². The van der Waals surface area contributed by atoms with Gasteiger partial charge in [-0.2, -0.15) is 0 Å². The zero-order chi connectivity index (χ0) is 28.3. The average Bonchev–Trinajstić information content (AvgIpc) is 3.09. The van der Waals surface area contributed by atoms with Crippen molar-refractivity contribution in [2.75, 3.05) is 6.61 Å². The van der Waals surface area contributed by atoms with Crippen molar-refractivity contribution in [3.8, 4) is 5.75 Å². The molecule has 2 heterocycles. The Morgan fingerprint density at radius 1 is 1.24 bits per heavy atom. The number of esters is 1. The molecule has 12 nitrogen and oxygen atoms in total. The minimum absolute atomic E-state index is 0.199. The first-order valence-electron chi connectivity index (χ1n) is 11.4. The molecular weight excluding hydrogens is 551 g/mol. The minimum Gasteiger partial charge on any atom is -0.462 e. The van der Waals surface area contributed by atoms with E-state index in [1.165, 1.54) is 19.1 Å². The monoisotopic (exact) mass is 579 g/mol. The molecule has 3 rings (SSSR count). The van der Waals surface area contributed by atoms with E-state index in [4.69, 9.17) is 30.3 Å². The highest BCUT2D eigenvalue weighted by Crippen LogP contribution is 2.49. The molecule has 1 aliphatic heterocycles. The number of H-pyrrole nitrogens is 1. The lowest BCUT2D eigenvalue weighted by molar-refractivity contribution is -0.192. The molecule has 1 saturated heterocycles. The second-order valence-electron chi connectivity index (χ2n) is 8.73. The van der Waals surface area contributed by atoms with E-state index in [1.54, 1.807) is 32.0 Å². The molecule has 0 bridgehead atoms. The van der Waals surface area contributed by atoms with Crippen molar-refractivity contribution in [3.05, 3.63) is 63.4 Å². The number of halogens is 2. The molecule has 1 fully saturated rings. The number of hydrogen-bond acceptors (Lipinski definition) is 10. The number of aromatic nitrogens is 2. The van der Waals surface area contributed by atoms with Crippen LogP contribution in [0.4, 0.5) is 8.78 Å². The molecular formula is C22H28F2N3O9PS. The van der Waals surface area contributed by atoms with Crippen LogP contribution in [0.15, 0.2) is 52.2 Å². The van der Waals surface area contributed by atoms with Crippen molar-refractivity contribution in [2.45, 2.75) is 63.4 Å². The van der Waals surface area contributed by atoms with Gasteiger partial charge in [-0.25, -0.2) is 18.7 Å². The maximum Gasteiger partial charge on any atom is 0.330 e. The molecule has 2 aromatic rings. The van der Waals surface area contributed by atoms with E-state index >= 15 is 0 Å². The van der Waals surface area contributed by atoms with Crippen molar-refractivity contribution in [2.24, 2.45) is 0 Å². The summed E-state index contributed by atoms with van der Waals surface area (Å²) in [5.41, 5.74) is -4.69. The summed E-state index contributed by atoms with van der Waals surface area (Å²) < 4.78 is 51.4. The normalized spacial score (nSPS) is 25.8. The van der Waals surface area contributed by atoms with Gasteiger partial charge in [0.15, 0.2) is 11.8 Å². The maximum atomic E-state index is 14.4. The Hall–Kier alpha value is -2.52. The van der Waals surface area contributed by atoms with E-state index < -0.39 is 73.1 Å². The molecule has 16 heteroatoms. The Kier molecular flexibility index (Phi) is 9.57. The van der Waals surface area contributed by atoms with Crippen LogP contribution in [0.5, 0.6) is 5.75 Å². The molecule has 0 radical (unpaired) electrons. The zero-order valence-electron chi connectivity index (χ0n) is 20.5. The summed E-state index contributed by atoms with van der Waals surface area (Å²) in [6, 6.07) is 7.82. The third-order valence-electron chi connectivity index (χ3n) is 5.44. The number of carbonyl (C=O) groups excluding carboxylic acids is 1. The third-order valence-corrected chi connectivity index (χ3v) is 7.92. The van der Waals surface area contributed by atoms with Crippen molar-refractivity contribution in [3.63, 3.8) is 0 Å². The number of carbonyl (C=O) groups is 1. The highest BCUT2D eigenvalue weighted by molar-refractivity contribution is 8.09. The lowest BCUT2D eigenvalue weighted by atomic mass is 9.96. The second-order valence-corrected chi connectivity index (χ2v) is 11.9. The summed E-state index contributed by atoms with van der Waals surface area (Å²) in [5, 5.41) is 23.8.